The van der Waals surface area contributed by atoms with Crippen molar-refractivity contribution < 1.29 is 9.90 Å². The van der Waals surface area contributed by atoms with Gasteiger partial charge >= 0.3 is 5.97 Å². The van der Waals surface area contributed by atoms with Gasteiger partial charge in [0.1, 0.15) is 0 Å². The first-order valence-electron chi connectivity index (χ1n) is 4.59. The molecular formula is C11H10O2. The highest BCUT2D eigenvalue weighted by molar-refractivity contribution is 5.77. The highest BCUT2D eigenvalue weighted by Gasteiger charge is 2.59. The number of carboxylic acids is 1. The zero-order valence-corrected chi connectivity index (χ0v) is 7.10. The van der Waals surface area contributed by atoms with Crippen molar-refractivity contribution in [3.8, 4) is 0 Å². The second-order valence-electron chi connectivity index (χ2n) is 3.96. The Hall–Kier alpha value is -1.31. The smallest absolute Gasteiger partial charge is 0.307 e. The zero-order chi connectivity index (χ0) is 9.00. The van der Waals surface area contributed by atoms with Gasteiger partial charge in [0.25, 0.3) is 0 Å². The van der Waals surface area contributed by atoms with E-state index >= 15 is 0 Å². The molecule has 13 heavy (non-hydrogen) atoms. The lowest BCUT2D eigenvalue weighted by Crippen LogP contribution is -2.04. The minimum atomic E-state index is -0.621. The average molecular weight is 174 g/mol. The molecule has 1 aromatic rings. The minimum Gasteiger partial charge on any atom is -0.481 e. The fraction of sp³-hybridized carbons (Fsp3) is 0.364. The number of fused-ring (bicyclic) bond motifs is 3. The Morgan fingerprint density at radius 1 is 1.38 bits per heavy atom. The molecule has 2 heteroatoms. The molecule has 0 spiro atoms. The largest absolute Gasteiger partial charge is 0.481 e. The van der Waals surface area contributed by atoms with E-state index in [2.05, 4.69) is 12.1 Å². The molecule has 3 atom stereocenters. The minimum absolute atomic E-state index is 0.0881. The van der Waals surface area contributed by atoms with Gasteiger partial charge in [-0.2, -0.15) is 0 Å². The number of hydrogen-bond acceptors (Lipinski definition) is 1. The summed E-state index contributed by atoms with van der Waals surface area (Å²) in [5.41, 5.74) is 2.63. The molecule has 2 nitrogen and oxygen atoms in total. The molecule has 0 bridgehead atoms. The molecule has 2 aliphatic rings. The van der Waals surface area contributed by atoms with Gasteiger partial charge in [0, 0.05) is 5.92 Å². The lowest BCUT2D eigenvalue weighted by Gasteiger charge is -2.03. The number of rotatable bonds is 1. The Kier molecular flexibility index (Phi) is 1.17. The van der Waals surface area contributed by atoms with Gasteiger partial charge in [0.05, 0.1) is 5.92 Å². The summed E-state index contributed by atoms with van der Waals surface area (Å²) in [5, 5.41) is 8.88. The van der Waals surface area contributed by atoms with Crippen molar-refractivity contribution in [3.05, 3.63) is 35.4 Å². The van der Waals surface area contributed by atoms with Crippen molar-refractivity contribution in [1.82, 2.24) is 0 Å². The molecule has 1 fully saturated rings. The molecule has 0 aromatic heterocycles. The van der Waals surface area contributed by atoms with Gasteiger partial charge < -0.3 is 5.11 Å². The third kappa shape index (κ3) is 0.804. The number of carboxylic acid groups (broad SMARTS) is 1. The Balaban J connectivity index is 1.99. The van der Waals surface area contributed by atoms with Crippen LogP contribution in [0, 0.1) is 11.8 Å². The van der Waals surface area contributed by atoms with E-state index in [1.807, 2.05) is 12.1 Å². The lowest BCUT2D eigenvalue weighted by molar-refractivity contribution is -0.139. The normalized spacial score (nSPS) is 33.7. The predicted molar refractivity (Wildman–Crippen MR) is 47.5 cm³/mol. The monoisotopic (exact) mass is 174 g/mol. The molecule has 1 aromatic carbocycles. The van der Waals surface area contributed by atoms with E-state index in [0.717, 1.165) is 6.42 Å². The summed E-state index contributed by atoms with van der Waals surface area (Å²) < 4.78 is 0. The highest BCUT2D eigenvalue weighted by Crippen LogP contribution is 2.61. The van der Waals surface area contributed by atoms with Crippen LogP contribution >= 0.6 is 0 Å². The summed E-state index contributed by atoms with van der Waals surface area (Å²) in [6.45, 7) is 0. The van der Waals surface area contributed by atoms with Crippen molar-refractivity contribution in [2.75, 3.05) is 0 Å². The van der Waals surface area contributed by atoms with E-state index in [9.17, 15) is 4.79 Å². The van der Waals surface area contributed by atoms with Crippen LogP contribution in [0.2, 0.25) is 0 Å². The molecule has 66 valence electrons. The Labute approximate surface area is 76.2 Å². The highest BCUT2D eigenvalue weighted by atomic mass is 16.4. The first-order chi connectivity index (χ1) is 6.29. The van der Waals surface area contributed by atoms with E-state index in [1.54, 1.807) is 0 Å². The van der Waals surface area contributed by atoms with Crippen molar-refractivity contribution >= 4 is 5.97 Å². The van der Waals surface area contributed by atoms with E-state index < -0.39 is 5.97 Å². The van der Waals surface area contributed by atoms with Crippen LogP contribution in [0.3, 0.4) is 0 Å². The van der Waals surface area contributed by atoms with Crippen LogP contribution in [0.15, 0.2) is 24.3 Å². The second kappa shape index (κ2) is 2.13. The molecule has 0 unspecified atom stereocenters. The Morgan fingerprint density at radius 2 is 2.15 bits per heavy atom. The predicted octanol–water partition coefficient (Wildman–Crippen LogP) is 1.66. The quantitative estimate of drug-likeness (QED) is 0.703. The Morgan fingerprint density at radius 3 is 2.92 bits per heavy atom. The summed E-state index contributed by atoms with van der Waals surface area (Å²) in [6.07, 6.45) is 0.970. The van der Waals surface area contributed by atoms with E-state index in [0.29, 0.717) is 11.8 Å². The molecule has 0 aliphatic heterocycles. The fourth-order valence-corrected chi connectivity index (χ4v) is 2.69. The van der Waals surface area contributed by atoms with E-state index in [1.165, 1.54) is 11.1 Å². The lowest BCUT2D eigenvalue weighted by atomic mass is 10.0. The number of hydrogen-bond donors (Lipinski definition) is 1. The van der Waals surface area contributed by atoms with Gasteiger partial charge in [-0.05, 0) is 23.5 Å². The molecular weight excluding hydrogens is 164 g/mol. The SMILES string of the molecule is O=C(O)[C@@H]1[C@@H]2Cc3ccccc3[C@@H]21. The van der Waals surface area contributed by atoms with Gasteiger partial charge in [0.15, 0.2) is 0 Å². The van der Waals surface area contributed by atoms with Gasteiger partial charge in [-0.1, -0.05) is 24.3 Å². The van der Waals surface area contributed by atoms with Crippen molar-refractivity contribution in [2.24, 2.45) is 11.8 Å². The van der Waals surface area contributed by atoms with Crippen molar-refractivity contribution in [1.29, 1.82) is 0 Å². The third-order valence-corrected chi connectivity index (χ3v) is 3.32. The first kappa shape index (κ1) is 7.13. The summed E-state index contributed by atoms with van der Waals surface area (Å²) in [4.78, 5) is 10.8. The number of carbonyl (C=O) groups is 1. The van der Waals surface area contributed by atoms with Crippen LogP contribution in [-0.2, 0) is 11.2 Å². The zero-order valence-electron chi connectivity index (χ0n) is 7.10. The average Bonchev–Trinajstić information content (AvgIpc) is 2.71. The Bertz CT molecular complexity index is 383. The first-order valence-corrected chi connectivity index (χ1v) is 4.59. The van der Waals surface area contributed by atoms with Crippen LogP contribution in [0.5, 0.6) is 0 Å². The molecule has 1 N–H and O–H groups in total. The fourth-order valence-electron chi connectivity index (χ4n) is 2.69. The number of aliphatic carboxylic acids is 1. The second-order valence-corrected chi connectivity index (χ2v) is 3.96. The maximum absolute atomic E-state index is 10.8. The molecule has 0 radical (unpaired) electrons. The van der Waals surface area contributed by atoms with Gasteiger partial charge in [-0.25, -0.2) is 0 Å². The van der Waals surface area contributed by atoms with E-state index in [-0.39, 0.29) is 5.92 Å². The van der Waals surface area contributed by atoms with Crippen molar-refractivity contribution in [3.63, 3.8) is 0 Å². The van der Waals surface area contributed by atoms with Crippen LogP contribution in [-0.4, -0.2) is 11.1 Å². The molecule has 1 saturated carbocycles. The van der Waals surface area contributed by atoms with Gasteiger partial charge in [-0.15, -0.1) is 0 Å². The molecule has 0 saturated heterocycles. The van der Waals surface area contributed by atoms with Crippen LogP contribution in [0.4, 0.5) is 0 Å². The summed E-state index contributed by atoms with van der Waals surface area (Å²) in [6, 6.07) is 8.21. The summed E-state index contributed by atoms with van der Waals surface area (Å²) in [5.74, 6) is 0.0167. The van der Waals surface area contributed by atoms with Crippen LogP contribution in [0.25, 0.3) is 0 Å². The maximum Gasteiger partial charge on any atom is 0.307 e. The number of benzene rings is 1. The summed E-state index contributed by atoms with van der Waals surface area (Å²) >= 11 is 0. The maximum atomic E-state index is 10.8. The van der Waals surface area contributed by atoms with Crippen molar-refractivity contribution in [2.45, 2.75) is 12.3 Å². The van der Waals surface area contributed by atoms with Crippen LogP contribution < -0.4 is 0 Å². The molecule has 3 rings (SSSR count). The summed E-state index contributed by atoms with van der Waals surface area (Å²) in [7, 11) is 0. The molecule has 0 amide bonds. The van der Waals surface area contributed by atoms with Crippen LogP contribution in [0.1, 0.15) is 17.0 Å². The van der Waals surface area contributed by atoms with E-state index in [4.69, 9.17) is 5.11 Å². The molecule has 0 heterocycles. The molecule has 2 aliphatic carbocycles. The van der Waals surface area contributed by atoms with Gasteiger partial charge in [0.2, 0.25) is 0 Å². The van der Waals surface area contributed by atoms with Gasteiger partial charge in [-0.3, -0.25) is 4.79 Å². The standard InChI is InChI=1S/C11H10O2/c12-11(13)10-8-5-6-3-1-2-4-7(6)9(8)10/h1-4,8-10H,5H2,(H,12,13)/t8-,9+,10-/m1/s1. The topological polar surface area (TPSA) is 37.3 Å². The third-order valence-electron chi connectivity index (χ3n) is 3.32.